The fourth-order valence-corrected chi connectivity index (χ4v) is 2.63. The number of nitrogens with one attached hydrogen (secondary N) is 2. The Morgan fingerprint density at radius 2 is 2.26 bits per heavy atom. The van der Waals surface area contributed by atoms with Gasteiger partial charge in [-0.1, -0.05) is 18.2 Å². The van der Waals surface area contributed by atoms with Crippen molar-refractivity contribution in [3.8, 4) is 16.3 Å². The van der Waals surface area contributed by atoms with Crippen molar-refractivity contribution >= 4 is 23.5 Å². The summed E-state index contributed by atoms with van der Waals surface area (Å²) < 4.78 is 5.13. The van der Waals surface area contributed by atoms with Crippen molar-refractivity contribution < 1.29 is 9.53 Å². The van der Waals surface area contributed by atoms with E-state index in [4.69, 9.17) is 4.74 Å². The molecular formula is C16H14N4O2S. The molecule has 0 fully saturated rings. The number of H-pyrrole nitrogens is 1. The first kappa shape index (κ1) is 15.0. The van der Waals surface area contributed by atoms with Gasteiger partial charge in [0.1, 0.15) is 5.75 Å². The number of hydrazone groups is 1. The summed E-state index contributed by atoms with van der Waals surface area (Å²) in [5.74, 6) is 0.358. The van der Waals surface area contributed by atoms with Gasteiger partial charge in [-0.15, -0.1) is 11.3 Å². The molecule has 0 unspecified atom stereocenters. The molecule has 0 aliphatic rings. The molecule has 1 aromatic carbocycles. The monoisotopic (exact) mass is 326 g/mol. The van der Waals surface area contributed by atoms with Crippen LogP contribution in [-0.2, 0) is 0 Å². The lowest BCUT2D eigenvalue weighted by molar-refractivity contribution is 0.0950. The van der Waals surface area contributed by atoms with E-state index in [-0.39, 0.29) is 11.6 Å². The Morgan fingerprint density at radius 1 is 1.35 bits per heavy atom. The van der Waals surface area contributed by atoms with Crippen molar-refractivity contribution in [3.05, 3.63) is 59.1 Å². The van der Waals surface area contributed by atoms with Crippen LogP contribution in [0.2, 0.25) is 0 Å². The number of hydrogen-bond acceptors (Lipinski definition) is 5. The number of hydrogen-bond donors (Lipinski definition) is 2. The minimum Gasteiger partial charge on any atom is -0.497 e. The maximum atomic E-state index is 12.0. The third kappa shape index (κ3) is 3.64. The quantitative estimate of drug-likeness (QED) is 0.559. The maximum absolute atomic E-state index is 12.0. The van der Waals surface area contributed by atoms with Crippen LogP contribution in [0, 0.1) is 0 Å². The average Bonchev–Trinajstić information content (AvgIpc) is 3.26. The zero-order valence-electron chi connectivity index (χ0n) is 12.3. The Bertz CT molecular complexity index is 824. The summed E-state index contributed by atoms with van der Waals surface area (Å²) >= 11 is 1.58. The van der Waals surface area contributed by atoms with Crippen LogP contribution in [0.4, 0.5) is 0 Å². The fraction of sp³-hybridized carbons (Fsp3) is 0.0625. The molecule has 6 nitrogen and oxygen atoms in total. The first-order valence-corrected chi connectivity index (χ1v) is 7.71. The Labute approximate surface area is 136 Å². The normalized spacial score (nSPS) is 10.8. The van der Waals surface area contributed by atoms with Gasteiger partial charge in [-0.25, -0.2) is 5.43 Å². The third-order valence-corrected chi connectivity index (χ3v) is 3.97. The zero-order valence-corrected chi connectivity index (χ0v) is 13.1. The molecule has 3 rings (SSSR count). The van der Waals surface area contributed by atoms with E-state index < -0.39 is 0 Å². The topological polar surface area (TPSA) is 79.4 Å². The summed E-state index contributed by atoms with van der Waals surface area (Å²) in [6, 6.07) is 13.0. The lowest BCUT2D eigenvalue weighted by Crippen LogP contribution is -2.17. The van der Waals surface area contributed by atoms with Crippen LogP contribution in [0.25, 0.3) is 10.6 Å². The molecule has 0 aliphatic heterocycles. The van der Waals surface area contributed by atoms with Gasteiger partial charge in [0.05, 0.1) is 23.9 Å². The molecule has 3 aromatic rings. The number of thiophene rings is 1. The highest BCUT2D eigenvalue weighted by atomic mass is 32.1. The van der Waals surface area contributed by atoms with Gasteiger partial charge in [0.25, 0.3) is 5.91 Å². The molecular weight excluding hydrogens is 312 g/mol. The van der Waals surface area contributed by atoms with Crippen molar-refractivity contribution in [2.75, 3.05) is 7.11 Å². The summed E-state index contributed by atoms with van der Waals surface area (Å²) in [6.45, 7) is 0. The van der Waals surface area contributed by atoms with Crippen molar-refractivity contribution in [1.82, 2.24) is 15.6 Å². The van der Waals surface area contributed by atoms with E-state index in [0.29, 0.717) is 0 Å². The fourth-order valence-electron chi connectivity index (χ4n) is 1.94. The number of aromatic nitrogens is 2. The van der Waals surface area contributed by atoms with E-state index >= 15 is 0 Å². The maximum Gasteiger partial charge on any atom is 0.291 e. The predicted molar refractivity (Wildman–Crippen MR) is 90.0 cm³/mol. The molecule has 2 aromatic heterocycles. The highest BCUT2D eigenvalue weighted by Crippen LogP contribution is 2.22. The number of rotatable bonds is 5. The van der Waals surface area contributed by atoms with Gasteiger partial charge < -0.3 is 4.74 Å². The van der Waals surface area contributed by atoms with E-state index in [1.165, 1.54) is 0 Å². The Hall–Kier alpha value is -2.93. The molecule has 0 saturated heterocycles. The minimum atomic E-state index is -0.372. The molecule has 116 valence electrons. The minimum absolute atomic E-state index is 0.288. The van der Waals surface area contributed by atoms with Crippen LogP contribution in [0.3, 0.4) is 0 Å². The van der Waals surface area contributed by atoms with Crippen LogP contribution < -0.4 is 10.2 Å². The van der Waals surface area contributed by atoms with Crippen LogP contribution >= 0.6 is 11.3 Å². The lowest BCUT2D eigenvalue weighted by atomic mass is 10.2. The van der Waals surface area contributed by atoms with Gasteiger partial charge in [-0.05, 0) is 35.2 Å². The van der Waals surface area contributed by atoms with Gasteiger partial charge in [-0.2, -0.15) is 10.2 Å². The first-order valence-electron chi connectivity index (χ1n) is 6.83. The third-order valence-electron chi connectivity index (χ3n) is 3.07. The SMILES string of the molecule is COc1cccc(C=NNC(=O)c2cc(-c3cccs3)[nH]n2)c1. The molecule has 0 aliphatic carbocycles. The summed E-state index contributed by atoms with van der Waals surface area (Å²) in [4.78, 5) is 13.0. The van der Waals surface area contributed by atoms with Crippen LogP contribution in [0.1, 0.15) is 16.1 Å². The highest BCUT2D eigenvalue weighted by Gasteiger charge is 2.11. The summed E-state index contributed by atoms with van der Waals surface area (Å²) in [7, 11) is 1.60. The van der Waals surface area contributed by atoms with Gasteiger partial charge >= 0.3 is 0 Å². The number of amides is 1. The molecule has 0 saturated carbocycles. The number of aromatic amines is 1. The van der Waals surface area contributed by atoms with Crippen LogP contribution in [-0.4, -0.2) is 29.4 Å². The average molecular weight is 326 g/mol. The molecule has 2 N–H and O–H groups in total. The van der Waals surface area contributed by atoms with Gasteiger partial charge in [0.15, 0.2) is 5.69 Å². The van der Waals surface area contributed by atoms with Gasteiger partial charge in [0.2, 0.25) is 0 Å². The van der Waals surface area contributed by atoms with Crippen molar-refractivity contribution in [2.45, 2.75) is 0 Å². The van der Waals surface area contributed by atoms with Gasteiger partial charge in [-0.3, -0.25) is 9.89 Å². The number of methoxy groups -OCH3 is 1. The summed E-state index contributed by atoms with van der Waals surface area (Å²) in [5, 5.41) is 12.7. The smallest absolute Gasteiger partial charge is 0.291 e. The largest absolute Gasteiger partial charge is 0.497 e. The highest BCUT2D eigenvalue weighted by molar-refractivity contribution is 7.13. The summed E-state index contributed by atoms with van der Waals surface area (Å²) in [6.07, 6.45) is 1.55. The molecule has 1 amide bonds. The van der Waals surface area contributed by atoms with Crippen LogP contribution in [0.5, 0.6) is 5.75 Å². The molecule has 2 heterocycles. The second-order valence-corrected chi connectivity index (χ2v) is 5.57. The van der Waals surface area contributed by atoms with E-state index in [2.05, 4.69) is 20.7 Å². The van der Waals surface area contributed by atoms with E-state index in [1.54, 1.807) is 30.7 Å². The molecule has 0 atom stereocenters. The molecule has 0 bridgehead atoms. The molecule has 7 heteroatoms. The van der Waals surface area contributed by atoms with Crippen molar-refractivity contribution in [2.24, 2.45) is 5.10 Å². The second-order valence-electron chi connectivity index (χ2n) is 4.62. The standard InChI is InChI=1S/C16H14N4O2S/c1-22-12-5-2-4-11(8-12)10-17-20-16(21)14-9-13(18-19-14)15-6-3-7-23-15/h2-10H,1H3,(H,18,19)(H,20,21). The van der Waals surface area contributed by atoms with Crippen molar-refractivity contribution in [3.63, 3.8) is 0 Å². The zero-order chi connectivity index (χ0) is 16.1. The first-order chi connectivity index (χ1) is 11.3. The second kappa shape index (κ2) is 6.89. The van der Waals surface area contributed by atoms with Gasteiger partial charge in [0, 0.05) is 0 Å². The molecule has 23 heavy (non-hydrogen) atoms. The number of ether oxygens (including phenoxy) is 1. The Balaban J connectivity index is 1.64. The molecule has 0 radical (unpaired) electrons. The van der Waals surface area contributed by atoms with E-state index in [1.807, 2.05) is 41.8 Å². The van der Waals surface area contributed by atoms with Crippen LogP contribution in [0.15, 0.2) is 52.9 Å². The Morgan fingerprint density at radius 3 is 3.04 bits per heavy atom. The van der Waals surface area contributed by atoms with Crippen molar-refractivity contribution in [1.29, 1.82) is 0 Å². The number of carbonyl (C=O) groups excluding carboxylic acids is 1. The number of benzene rings is 1. The predicted octanol–water partition coefficient (Wildman–Crippen LogP) is 2.91. The van der Waals surface area contributed by atoms with E-state index in [9.17, 15) is 4.79 Å². The lowest BCUT2D eigenvalue weighted by Gasteiger charge is -1.99. The summed E-state index contributed by atoms with van der Waals surface area (Å²) in [5.41, 5.74) is 4.37. The van der Waals surface area contributed by atoms with E-state index in [0.717, 1.165) is 21.9 Å². The number of carbonyl (C=O) groups is 1. The number of nitrogens with zero attached hydrogens (tertiary/aromatic N) is 2. The molecule has 0 spiro atoms. The Kier molecular flexibility index (Phi) is 4.49.